The van der Waals surface area contributed by atoms with E-state index in [1.807, 2.05) is 19.0 Å². The molecule has 188 valence electrons. The molecule has 1 unspecified atom stereocenters. The number of hydrogen-bond donors (Lipinski definition) is 1. The van der Waals surface area contributed by atoms with Gasteiger partial charge in [-0.05, 0) is 37.9 Å². The van der Waals surface area contributed by atoms with Crippen LogP contribution < -0.4 is 15.4 Å². The lowest BCUT2D eigenvalue weighted by Crippen LogP contribution is -2.41. The number of rotatable bonds is 8. The summed E-state index contributed by atoms with van der Waals surface area (Å²) in [6.07, 6.45) is 0. The van der Waals surface area contributed by atoms with Gasteiger partial charge in [-0.1, -0.05) is 46.3 Å². The minimum Gasteiger partial charge on any atom is -0.490 e. The number of nitriles is 1. The normalized spacial score (nSPS) is 15.6. The highest BCUT2D eigenvalue weighted by Gasteiger charge is 2.43. The van der Waals surface area contributed by atoms with E-state index in [0.717, 1.165) is 4.47 Å². The molecule has 2 aromatic rings. The largest absolute Gasteiger partial charge is 0.490 e. The third-order valence-corrected chi connectivity index (χ3v) is 6.06. The van der Waals surface area contributed by atoms with Gasteiger partial charge in [0.15, 0.2) is 0 Å². The van der Waals surface area contributed by atoms with E-state index in [-0.39, 0.29) is 22.7 Å². The predicted molar refractivity (Wildman–Crippen MR) is 138 cm³/mol. The molecule has 1 heterocycles. The molecule has 36 heavy (non-hydrogen) atoms. The summed E-state index contributed by atoms with van der Waals surface area (Å²) in [5.41, 5.74) is 7.38. The van der Waals surface area contributed by atoms with Crippen molar-refractivity contribution in [1.29, 1.82) is 5.26 Å². The molecule has 0 spiro atoms. The molecule has 0 aromatic heterocycles. The predicted octanol–water partition coefficient (Wildman–Crippen LogP) is 3.29. The lowest BCUT2D eigenvalue weighted by molar-refractivity contribution is -0.139. The number of esters is 2. The maximum absolute atomic E-state index is 13.2. The summed E-state index contributed by atoms with van der Waals surface area (Å²) in [7, 11) is 6.25. The van der Waals surface area contributed by atoms with Crippen LogP contribution in [0.4, 0.5) is 5.69 Å². The first-order valence-electron chi connectivity index (χ1n) is 11.0. The Balaban J connectivity index is 2.34. The first-order valence-corrected chi connectivity index (χ1v) is 11.8. The fourth-order valence-electron chi connectivity index (χ4n) is 3.89. The lowest BCUT2D eigenvalue weighted by atomic mass is 9.81. The monoisotopic (exact) mass is 554 g/mol. The van der Waals surface area contributed by atoms with Gasteiger partial charge in [0.1, 0.15) is 23.9 Å². The molecule has 9 nitrogen and oxygen atoms in total. The van der Waals surface area contributed by atoms with E-state index in [1.165, 1.54) is 19.1 Å². The van der Waals surface area contributed by atoms with E-state index in [1.54, 1.807) is 48.5 Å². The van der Waals surface area contributed by atoms with Crippen molar-refractivity contribution in [3.05, 3.63) is 81.2 Å². The molecule has 0 radical (unpaired) electrons. The SMILES string of the molecule is COC(=O)C1=C(C(=O)OC)N(c2ccc(Br)cc2OCCN(C)C)C(N)=C(C#N)C1c1ccccc1. The van der Waals surface area contributed by atoms with E-state index in [9.17, 15) is 14.9 Å². The second kappa shape index (κ2) is 11.7. The van der Waals surface area contributed by atoms with E-state index in [0.29, 0.717) is 30.2 Å². The number of carbonyl (C=O) groups is 2. The number of nitrogens with zero attached hydrogens (tertiary/aromatic N) is 3. The fourth-order valence-corrected chi connectivity index (χ4v) is 4.23. The molecule has 0 saturated carbocycles. The average Bonchev–Trinajstić information content (AvgIpc) is 2.87. The first-order chi connectivity index (χ1) is 17.2. The topological polar surface area (TPSA) is 118 Å². The van der Waals surface area contributed by atoms with Crippen molar-refractivity contribution in [3.63, 3.8) is 0 Å². The number of nitrogens with two attached hydrogens (primary N) is 1. The highest BCUT2D eigenvalue weighted by Crippen LogP contribution is 2.45. The molecule has 1 atom stereocenters. The summed E-state index contributed by atoms with van der Waals surface area (Å²) in [4.78, 5) is 29.7. The zero-order valence-electron chi connectivity index (χ0n) is 20.4. The van der Waals surface area contributed by atoms with Crippen LogP contribution >= 0.6 is 15.9 Å². The zero-order chi connectivity index (χ0) is 26.4. The van der Waals surface area contributed by atoms with Gasteiger partial charge in [0, 0.05) is 11.0 Å². The van der Waals surface area contributed by atoms with Gasteiger partial charge in [-0.15, -0.1) is 0 Å². The molecular formula is C26H27BrN4O5. The van der Waals surface area contributed by atoms with Gasteiger partial charge in [-0.2, -0.15) is 5.26 Å². The molecule has 1 aliphatic rings. The minimum absolute atomic E-state index is 0.0285. The van der Waals surface area contributed by atoms with Crippen LogP contribution in [0.25, 0.3) is 0 Å². The molecule has 3 rings (SSSR count). The third-order valence-electron chi connectivity index (χ3n) is 5.57. The average molecular weight is 555 g/mol. The summed E-state index contributed by atoms with van der Waals surface area (Å²) >= 11 is 3.44. The van der Waals surface area contributed by atoms with Crippen molar-refractivity contribution in [2.24, 2.45) is 5.73 Å². The second-order valence-corrected chi connectivity index (χ2v) is 9.01. The summed E-state index contributed by atoms with van der Waals surface area (Å²) < 4.78 is 16.9. The van der Waals surface area contributed by atoms with Gasteiger partial charge in [-0.25, -0.2) is 9.59 Å². The van der Waals surface area contributed by atoms with Gasteiger partial charge in [0.25, 0.3) is 0 Å². The Labute approximate surface area is 218 Å². The Morgan fingerprint density at radius 1 is 1.11 bits per heavy atom. The van der Waals surface area contributed by atoms with E-state index in [2.05, 4.69) is 22.0 Å². The number of benzene rings is 2. The van der Waals surface area contributed by atoms with Crippen LogP contribution in [-0.2, 0) is 19.1 Å². The number of methoxy groups -OCH3 is 2. The number of carbonyl (C=O) groups excluding carboxylic acids is 2. The van der Waals surface area contributed by atoms with Crippen molar-refractivity contribution in [2.75, 3.05) is 46.4 Å². The molecule has 2 aromatic carbocycles. The van der Waals surface area contributed by atoms with Crippen molar-refractivity contribution >= 4 is 33.6 Å². The summed E-state index contributed by atoms with van der Waals surface area (Å²) in [5, 5.41) is 10.2. The highest BCUT2D eigenvalue weighted by molar-refractivity contribution is 9.10. The highest BCUT2D eigenvalue weighted by atomic mass is 79.9. The smallest absolute Gasteiger partial charge is 0.355 e. The summed E-state index contributed by atoms with van der Waals surface area (Å²) in [6.45, 7) is 0.969. The molecule has 0 saturated heterocycles. The third kappa shape index (κ3) is 5.37. The fraction of sp³-hybridized carbons (Fsp3) is 0.269. The van der Waals surface area contributed by atoms with Gasteiger partial charge in [-0.3, -0.25) is 4.90 Å². The van der Waals surface area contributed by atoms with Crippen LogP contribution in [-0.4, -0.2) is 58.3 Å². The van der Waals surface area contributed by atoms with Gasteiger partial charge >= 0.3 is 11.9 Å². The van der Waals surface area contributed by atoms with Gasteiger partial charge in [0.2, 0.25) is 0 Å². The Kier molecular flexibility index (Phi) is 8.74. The Hall–Kier alpha value is -3.81. The molecule has 0 bridgehead atoms. The van der Waals surface area contributed by atoms with E-state index < -0.39 is 17.9 Å². The Morgan fingerprint density at radius 2 is 1.78 bits per heavy atom. The molecule has 0 fully saturated rings. The standard InChI is InChI=1S/C26H27BrN4O5/c1-30(2)12-13-36-20-14-17(27)10-11-19(20)31-23(26(33)35-4)22(25(32)34-3)21(18(15-28)24(31)29)16-8-6-5-7-9-16/h5-11,14,21H,12-13,29H2,1-4H3. The lowest BCUT2D eigenvalue weighted by Gasteiger charge is -2.36. The maximum Gasteiger partial charge on any atom is 0.355 e. The zero-order valence-corrected chi connectivity index (χ0v) is 22.0. The molecular weight excluding hydrogens is 528 g/mol. The van der Waals surface area contributed by atoms with Crippen molar-refractivity contribution in [1.82, 2.24) is 4.90 Å². The number of allylic oxidation sites excluding steroid dienone is 1. The van der Waals surface area contributed by atoms with E-state index >= 15 is 0 Å². The Morgan fingerprint density at radius 3 is 2.36 bits per heavy atom. The van der Waals surface area contributed by atoms with E-state index in [4.69, 9.17) is 19.9 Å². The van der Waals surface area contributed by atoms with Crippen molar-refractivity contribution in [3.8, 4) is 11.8 Å². The molecule has 10 heteroatoms. The quantitative estimate of drug-likeness (QED) is 0.490. The maximum atomic E-state index is 13.2. The van der Waals surface area contributed by atoms with Crippen LogP contribution in [0.3, 0.4) is 0 Å². The molecule has 1 aliphatic heterocycles. The van der Waals surface area contributed by atoms with Gasteiger partial charge in [0.05, 0.1) is 43.0 Å². The second-order valence-electron chi connectivity index (χ2n) is 8.10. The molecule has 2 N–H and O–H groups in total. The number of likely N-dealkylation sites (N-methyl/N-ethyl adjacent to an activating group) is 1. The first kappa shape index (κ1) is 26.8. The van der Waals surface area contributed by atoms with Crippen LogP contribution in [0.2, 0.25) is 0 Å². The minimum atomic E-state index is -0.942. The number of ether oxygens (including phenoxy) is 3. The number of halogens is 1. The summed E-state index contributed by atoms with van der Waals surface area (Å²) in [5.74, 6) is -2.20. The molecule has 0 aliphatic carbocycles. The number of anilines is 1. The number of hydrogen-bond acceptors (Lipinski definition) is 9. The Bertz CT molecular complexity index is 1250. The molecule has 0 amide bonds. The summed E-state index contributed by atoms with van der Waals surface area (Å²) in [6, 6.07) is 16.1. The van der Waals surface area contributed by atoms with Crippen molar-refractivity contribution in [2.45, 2.75) is 5.92 Å². The van der Waals surface area contributed by atoms with Crippen LogP contribution in [0, 0.1) is 11.3 Å². The van der Waals surface area contributed by atoms with Crippen LogP contribution in [0.5, 0.6) is 5.75 Å². The van der Waals surface area contributed by atoms with Crippen molar-refractivity contribution < 1.29 is 23.8 Å². The van der Waals surface area contributed by atoms with Gasteiger partial charge < -0.3 is 24.8 Å². The van der Waals surface area contributed by atoms with Crippen LogP contribution in [0.1, 0.15) is 11.5 Å². The van der Waals surface area contributed by atoms with Crippen LogP contribution in [0.15, 0.2) is 75.7 Å².